The maximum atomic E-state index is 14.0. The van der Waals surface area contributed by atoms with Crippen molar-refractivity contribution in [3.63, 3.8) is 0 Å². The standard InChI is InChI=1S/C23H22FN5O3/c1-31-18-7-6-12(11-19(18)32-2)14-9-16-20(17(30)10-14)21(13-4-3-5-15(24)8-13)29-23(26-16)27-22(25)28-29/h3-8,11,14,21H,9-10H2,1-2H3,(H3,25,26,27,28). The number of ether oxygens (including phenoxy) is 2. The number of nitrogens with zero attached hydrogens (tertiary/aromatic N) is 3. The molecule has 2 atom stereocenters. The van der Waals surface area contributed by atoms with Crippen LogP contribution in [-0.2, 0) is 4.79 Å². The Morgan fingerprint density at radius 1 is 1.09 bits per heavy atom. The van der Waals surface area contributed by atoms with E-state index in [1.165, 1.54) is 12.1 Å². The second kappa shape index (κ2) is 7.67. The zero-order chi connectivity index (χ0) is 22.4. The molecule has 0 spiro atoms. The van der Waals surface area contributed by atoms with Crippen molar-refractivity contribution in [3.05, 3.63) is 70.7 Å². The summed E-state index contributed by atoms with van der Waals surface area (Å²) in [6.45, 7) is 0. The topological polar surface area (TPSA) is 104 Å². The van der Waals surface area contributed by atoms with Gasteiger partial charge in [0.15, 0.2) is 17.3 Å². The van der Waals surface area contributed by atoms with E-state index in [2.05, 4.69) is 15.4 Å². The van der Waals surface area contributed by atoms with Crippen molar-refractivity contribution in [2.75, 3.05) is 25.3 Å². The summed E-state index contributed by atoms with van der Waals surface area (Å²) in [7, 11) is 3.16. The summed E-state index contributed by atoms with van der Waals surface area (Å²) < 4.78 is 26.3. The first-order valence-electron chi connectivity index (χ1n) is 10.2. The van der Waals surface area contributed by atoms with Gasteiger partial charge < -0.3 is 20.5 Å². The Hall–Kier alpha value is -3.88. The van der Waals surface area contributed by atoms with Crippen LogP contribution in [0, 0.1) is 5.82 Å². The first kappa shape index (κ1) is 20.0. The van der Waals surface area contributed by atoms with E-state index in [0.29, 0.717) is 41.4 Å². The van der Waals surface area contributed by atoms with Crippen LogP contribution in [-0.4, -0.2) is 34.8 Å². The Bertz CT molecular complexity index is 1250. The number of nitrogens with one attached hydrogen (secondary N) is 1. The van der Waals surface area contributed by atoms with E-state index in [9.17, 15) is 9.18 Å². The lowest BCUT2D eigenvalue weighted by Gasteiger charge is -2.35. The van der Waals surface area contributed by atoms with Crippen LogP contribution in [0.4, 0.5) is 16.3 Å². The number of fused-ring (bicyclic) bond motifs is 1. The zero-order valence-electron chi connectivity index (χ0n) is 17.6. The summed E-state index contributed by atoms with van der Waals surface area (Å²) in [5, 5.41) is 7.50. The largest absolute Gasteiger partial charge is 0.493 e. The van der Waals surface area contributed by atoms with Gasteiger partial charge in [-0.2, -0.15) is 4.98 Å². The molecular formula is C23H22FN5O3. The van der Waals surface area contributed by atoms with Gasteiger partial charge in [-0.15, -0.1) is 5.10 Å². The Kier molecular flexibility index (Phi) is 4.80. The average molecular weight is 435 g/mol. The summed E-state index contributed by atoms with van der Waals surface area (Å²) in [4.78, 5) is 17.7. The number of methoxy groups -OCH3 is 2. The summed E-state index contributed by atoms with van der Waals surface area (Å²) in [5.74, 6) is 1.27. The van der Waals surface area contributed by atoms with Gasteiger partial charge in [0, 0.05) is 17.7 Å². The third kappa shape index (κ3) is 3.26. The van der Waals surface area contributed by atoms with Crippen LogP contribution < -0.4 is 20.5 Å². The normalized spacial score (nSPS) is 19.8. The number of hydrogen-bond donors (Lipinski definition) is 2. The molecule has 0 radical (unpaired) electrons. The number of nitrogens with two attached hydrogens (primary N) is 1. The third-order valence-corrected chi connectivity index (χ3v) is 5.98. The lowest BCUT2D eigenvalue weighted by atomic mass is 9.78. The molecule has 2 heterocycles. The molecule has 3 N–H and O–H groups in total. The minimum Gasteiger partial charge on any atom is -0.493 e. The molecule has 0 fully saturated rings. The molecule has 32 heavy (non-hydrogen) atoms. The van der Waals surface area contributed by atoms with Crippen LogP contribution in [0.25, 0.3) is 0 Å². The second-order valence-corrected chi connectivity index (χ2v) is 7.86. The first-order valence-corrected chi connectivity index (χ1v) is 10.2. The number of carbonyl (C=O) groups is 1. The van der Waals surface area contributed by atoms with Gasteiger partial charge in [-0.05, 0) is 47.7 Å². The Morgan fingerprint density at radius 3 is 2.66 bits per heavy atom. The molecule has 3 aromatic rings. The van der Waals surface area contributed by atoms with Gasteiger partial charge >= 0.3 is 0 Å². The second-order valence-electron chi connectivity index (χ2n) is 7.86. The zero-order valence-corrected chi connectivity index (χ0v) is 17.6. The van der Waals surface area contributed by atoms with Gasteiger partial charge in [0.25, 0.3) is 0 Å². The number of halogens is 1. The highest BCUT2D eigenvalue weighted by Crippen LogP contribution is 2.45. The van der Waals surface area contributed by atoms with Crippen molar-refractivity contribution in [1.82, 2.24) is 14.8 Å². The molecular weight excluding hydrogens is 413 g/mol. The number of nitrogen functional groups attached to an aromatic ring is 1. The molecule has 5 rings (SSSR count). The molecule has 0 amide bonds. The van der Waals surface area contributed by atoms with E-state index in [4.69, 9.17) is 15.2 Å². The maximum Gasteiger partial charge on any atom is 0.241 e. The van der Waals surface area contributed by atoms with Crippen molar-refractivity contribution in [3.8, 4) is 11.5 Å². The predicted molar refractivity (Wildman–Crippen MR) is 116 cm³/mol. The van der Waals surface area contributed by atoms with E-state index in [1.807, 2.05) is 18.2 Å². The van der Waals surface area contributed by atoms with Gasteiger partial charge in [0.1, 0.15) is 11.9 Å². The Labute approximate surface area is 183 Å². The van der Waals surface area contributed by atoms with Gasteiger partial charge in [-0.25, -0.2) is 9.07 Å². The third-order valence-electron chi connectivity index (χ3n) is 5.98. The molecule has 2 aliphatic rings. The Balaban J connectivity index is 1.58. The van der Waals surface area contributed by atoms with Crippen LogP contribution in [0.1, 0.15) is 35.9 Å². The molecule has 0 bridgehead atoms. The lowest BCUT2D eigenvalue weighted by molar-refractivity contribution is -0.116. The monoisotopic (exact) mass is 435 g/mol. The Morgan fingerprint density at radius 2 is 1.91 bits per heavy atom. The van der Waals surface area contributed by atoms with Crippen molar-refractivity contribution in [1.29, 1.82) is 0 Å². The molecule has 2 unspecified atom stereocenters. The van der Waals surface area contributed by atoms with Crippen LogP contribution >= 0.6 is 0 Å². The van der Waals surface area contributed by atoms with Gasteiger partial charge in [0.05, 0.1) is 14.2 Å². The summed E-state index contributed by atoms with van der Waals surface area (Å²) in [6.07, 6.45) is 0.885. The fourth-order valence-electron chi connectivity index (χ4n) is 4.56. The van der Waals surface area contributed by atoms with Gasteiger partial charge in [-0.1, -0.05) is 18.2 Å². The summed E-state index contributed by atoms with van der Waals surface area (Å²) in [6, 6.07) is 11.3. The van der Waals surface area contributed by atoms with Crippen LogP contribution in [0.2, 0.25) is 0 Å². The molecule has 1 aromatic heterocycles. The number of Topliss-reactive ketones (excluding diaryl/α,β-unsaturated/α-hetero) is 1. The van der Waals surface area contributed by atoms with Gasteiger partial charge in [0.2, 0.25) is 11.9 Å². The lowest BCUT2D eigenvalue weighted by Crippen LogP contribution is -2.33. The highest BCUT2D eigenvalue weighted by molar-refractivity contribution is 6.00. The van der Waals surface area contributed by atoms with Crippen molar-refractivity contribution in [2.24, 2.45) is 0 Å². The minimum atomic E-state index is -0.597. The minimum absolute atomic E-state index is 0.0347. The van der Waals surface area contributed by atoms with Crippen molar-refractivity contribution >= 4 is 17.7 Å². The number of hydrogen-bond acceptors (Lipinski definition) is 7. The number of benzene rings is 2. The summed E-state index contributed by atoms with van der Waals surface area (Å²) in [5.41, 5.74) is 8.73. The molecule has 8 nitrogen and oxygen atoms in total. The number of carbonyl (C=O) groups excluding carboxylic acids is 1. The van der Waals surface area contributed by atoms with E-state index in [-0.39, 0.29) is 23.5 Å². The first-order chi connectivity index (χ1) is 15.5. The molecule has 1 aliphatic carbocycles. The van der Waals surface area contributed by atoms with Gasteiger partial charge in [-0.3, -0.25) is 4.79 Å². The molecule has 1 aliphatic heterocycles. The smallest absolute Gasteiger partial charge is 0.241 e. The quantitative estimate of drug-likeness (QED) is 0.647. The molecule has 0 saturated heterocycles. The fraction of sp³-hybridized carbons (Fsp3) is 0.261. The highest BCUT2D eigenvalue weighted by atomic mass is 19.1. The maximum absolute atomic E-state index is 14.0. The molecule has 164 valence electrons. The fourth-order valence-corrected chi connectivity index (χ4v) is 4.56. The SMILES string of the molecule is COc1ccc(C2CC(=O)C3=C(C2)Nc2nc(N)nn2C3c2cccc(F)c2)cc1OC. The van der Waals surface area contributed by atoms with E-state index < -0.39 is 6.04 Å². The molecule has 9 heteroatoms. The van der Waals surface area contributed by atoms with Crippen molar-refractivity contribution < 1.29 is 18.7 Å². The van der Waals surface area contributed by atoms with Crippen LogP contribution in [0.5, 0.6) is 11.5 Å². The number of allylic oxidation sites excluding steroid dienone is 2. The van der Waals surface area contributed by atoms with Crippen LogP contribution in [0.3, 0.4) is 0 Å². The summed E-state index contributed by atoms with van der Waals surface area (Å²) >= 11 is 0. The number of aromatic nitrogens is 3. The van der Waals surface area contributed by atoms with E-state index in [1.54, 1.807) is 31.0 Å². The number of rotatable bonds is 4. The number of ketones is 1. The van der Waals surface area contributed by atoms with Crippen molar-refractivity contribution in [2.45, 2.75) is 24.8 Å². The highest BCUT2D eigenvalue weighted by Gasteiger charge is 2.40. The van der Waals surface area contributed by atoms with Crippen LogP contribution in [0.15, 0.2) is 53.7 Å². The van der Waals surface area contributed by atoms with E-state index in [0.717, 1.165) is 11.3 Å². The van der Waals surface area contributed by atoms with E-state index >= 15 is 0 Å². The number of anilines is 2. The molecule has 2 aromatic carbocycles. The average Bonchev–Trinajstić information content (AvgIpc) is 3.16. The molecule has 0 saturated carbocycles. The predicted octanol–water partition coefficient (Wildman–Crippen LogP) is 3.43.